The van der Waals surface area contributed by atoms with Crippen molar-refractivity contribution in [3.8, 4) is 5.75 Å². The largest absolute Gasteiger partial charge is 0.508 e. The van der Waals surface area contributed by atoms with Crippen LogP contribution < -0.4 is 10.9 Å². The van der Waals surface area contributed by atoms with Gasteiger partial charge in [0.1, 0.15) is 16.9 Å². The second-order valence-corrected chi connectivity index (χ2v) is 12.1. The van der Waals surface area contributed by atoms with Crippen molar-refractivity contribution < 1.29 is 33.4 Å². The molecule has 0 atom stereocenters. The summed E-state index contributed by atoms with van der Waals surface area (Å²) in [7, 11) is 0. The zero-order chi connectivity index (χ0) is 33.4. The Kier molecular flexibility index (Phi) is 8.54. The van der Waals surface area contributed by atoms with E-state index in [1.807, 2.05) is 12.1 Å². The molecule has 0 bridgehead atoms. The number of anilines is 1. The zero-order valence-corrected chi connectivity index (χ0v) is 26.3. The standard InChI is InChI=1S/C35H35N5O8/c41-23-5-4-22-20-27(35(46)48-29(22)21-23)32(43)39-14-12-38(13-15-39)30(42)8-10-40-33(44)25-3-1-2-24-28(7-6-26(31(24)25)34(40)45)36-9-11-37-16-18-47-19-17-37/h1-7,20-21,36,41H,8-19H2. The number of carbonyl (C=O) groups is 4. The number of rotatable bonds is 8. The number of fused-ring (bicyclic) bond motifs is 1. The van der Waals surface area contributed by atoms with Gasteiger partial charge < -0.3 is 29.4 Å². The summed E-state index contributed by atoms with van der Waals surface area (Å²) < 4.78 is 10.7. The van der Waals surface area contributed by atoms with E-state index in [1.54, 1.807) is 29.2 Å². The third kappa shape index (κ3) is 5.98. The molecule has 0 spiro atoms. The summed E-state index contributed by atoms with van der Waals surface area (Å²) in [4.78, 5) is 72.5. The maximum atomic E-state index is 13.6. The van der Waals surface area contributed by atoms with Crippen LogP contribution >= 0.6 is 0 Å². The number of nitrogens with zero attached hydrogens (tertiary/aromatic N) is 4. The van der Waals surface area contributed by atoms with E-state index in [9.17, 15) is 29.1 Å². The number of phenolic OH excluding ortho intramolecular Hbond substituents is 1. The van der Waals surface area contributed by atoms with Crippen LogP contribution in [0.3, 0.4) is 0 Å². The van der Waals surface area contributed by atoms with Crippen LogP contribution in [0.4, 0.5) is 5.69 Å². The van der Waals surface area contributed by atoms with Gasteiger partial charge >= 0.3 is 5.63 Å². The van der Waals surface area contributed by atoms with Crippen molar-refractivity contribution in [2.45, 2.75) is 6.42 Å². The lowest BCUT2D eigenvalue weighted by Gasteiger charge is -2.35. The first-order chi connectivity index (χ1) is 23.3. The zero-order valence-electron chi connectivity index (χ0n) is 26.3. The molecule has 0 radical (unpaired) electrons. The number of benzene rings is 3. The number of imide groups is 1. The van der Waals surface area contributed by atoms with Crippen LogP contribution in [0.2, 0.25) is 0 Å². The maximum Gasteiger partial charge on any atom is 0.349 e. The Morgan fingerprint density at radius 1 is 0.812 bits per heavy atom. The average Bonchev–Trinajstić information content (AvgIpc) is 3.10. The molecule has 0 unspecified atom stereocenters. The van der Waals surface area contributed by atoms with Crippen molar-refractivity contribution in [3.05, 3.63) is 81.7 Å². The summed E-state index contributed by atoms with van der Waals surface area (Å²) in [6.45, 7) is 5.62. The first kappa shape index (κ1) is 31.3. The van der Waals surface area contributed by atoms with E-state index >= 15 is 0 Å². The average molecular weight is 654 g/mol. The minimum Gasteiger partial charge on any atom is -0.508 e. The quantitative estimate of drug-likeness (QED) is 0.214. The molecule has 2 saturated heterocycles. The SMILES string of the molecule is O=C(CCN1C(=O)c2cccc3c(NCCN4CCOCC4)ccc(c23)C1=O)N1CCN(C(=O)c2cc3ccc(O)cc3oc2=O)CC1. The highest BCUT2D eigenvalue weighted by molar-refractivity contribution is 6.26. The first-order valence-corrected chi connectivity index (χ1v) is 16.1. The van der Waals surface area contributed by atoms with Crippen LogP contribution in [0, 0.1) is 0 Å². The van der Waals surface area contributed by atoms with Crippen LogP contribution in [0.1, 0.15) is 37.5 Å². The summed E-state index contributed by atoms with van der Waals surface area (Å²) in [6.07, 6.45) is -0.0565. The molecular formula is C35H35N5O8. The van der Waals surface area contributed by atoms with Crippen LogP contribution in [-0.2, 0) is 9.53 Å². The first-order valence-electron chi connectivity index (χ1n) is 16.1. The number of ether oxygens (including phenoxy) is 1. The molecule has 3 aliphatic rings. The number of hydrogen-bond acceptors (Lipinski definition) is 10. The van der Waals surface area contributed by atoms with Crippen LogP contribution in [-0.4, -0.2) is 120 Å². The second kappa shape index (κ2) is 13.1. The van der Waals surface area contributed by atoms with Crippen molar-refractivity contribution in [1.82, 2.24) is 19.6 Å². The summed E-state index contributed by atoms with van der Waals surface area (Å²) in [5.41, 5.74) is 0.950. The van der Waals surface area contributed by atoms with Gasteiger partial charge in [0.25, 0.3) is 17.7 Å². The Balaban J connectivity index is 0.964. The number of nitrogens with one attached hydrogen (secondary N) is 1. The molecule has 3 aromatic carbocycles. The highest BCUT2D eigenvalue weighted by Crippen LogP contribution is 2.34. The van der Waals surface area contributed by atoms with Gasteiger partial charge in [-0.2, -0.15) is 0 Å². The molecule has 4 heterocycles. The van der Waals surface area contributed by atoms with E-state index in [4.69, 9.17) is 9.15 Å². The van der Waals surface area contributed by atoms with Gasteiger partial charge in [-0.05, 0) is 36.4 Å². The number of piperazine rings is 1. The lowest BCUT2D eigenvalue weighted by Crippen LogP contribution is -2.52. The van der Waals surface area contributed by atoms with Crippen LogP contribution in [0.25, 0.3) is 21.7 Å². The minimum atomic E-state index is -0.805. The lowest BCUT2D eigenvalue weighted by atomic mass is 9.93. The number of phenols is 1. The van der Waals surface area contributed by atoms with Gasteiger partial charge in [-0.25, -0.2) is 4.79 Å². The Hall–Kier alpha value is -5.27. The van der Waals surface area contributed by atoms with Gasteiger partial charge in [0.15, 0.2) is 0 Å². The molecule has 13 nitrogen and oxygen atoms in total. The van der Waals surface area contributed by atoms with Gasteiger partial charge in [-0.15, -0.1) is 0 Å². The summed E-state index contributed by atoms with van der Waals surface area (Å²) in [5.74, 6) is -1.67. The Labute approximate surface area is 275 Å². The van der Waals surface area contributed by atoms with Gasteiger partial charge in [0.2, 0.25) is 5.91 Å². The molecule has 13 heteroatoms. The fourth-order valence-electron chi connectivity index (χ4n) is 6.62. The highest BCUT2D eigenvalue weighted by Gasteiger charge is 2.34. The van der Waals surface area contributed by atoms with Crippen molar-refractivity contribution in [2.24, 2.45) is 0 Å². The summed E-state index contributed by atoms with van der Waals surface area (Å²) >= 11 is 0. The molecule has 4 aromatic rings. The molecule has 2 N–H and O–H groups in total. The van der Waals surface area contributed by atoms with Gasteiger partial charge in [0, 0.05) is 104 Å². The molecule has 48 heavy (non-hydrogen) atoms. The monoisotopic (exact) mass is 653 g/mol. The second-order valence-electron chi connectivity index (χ2n) is 12.1. The van der Waals surface area contributed by atoms with E-state index < -0.39 is 23.3 Å². The molecular weight excluding hydrogens is 618 g/mol. The van der Waals surface area contributed by atoms with E-state index in [-0.39, 0.29) is 61.9 Å². The maximum absolute atomic E-state index is 13.6. The van der Waals surface area contributed by atoms with Crippen LogP contribution in [0.5, 0.6) is 5.75 Å². The number of hydrogen-bond donors (Lipinski definition) is 2. The molecule has 7 rings (SSSR count). The smallest absolute Gasteiger partial charge is 0.349 e. The van der Waals surface area contributed by atoms with E-state index in [1.165, 1.54) is 23.1 Å². The number of aromatic hydroxyl groups is 1. The van der Waals surface area contributed by atoms with Crippen molar-refractivity contribution in [2.75, 3.05) is 77.4 Å². The molecule has 248 valence electrons. The third-order valence-corrected chi connectivity index (χ3v) is 9.26. The van der Waals surface area contributed by atoms with Crippen molar-refractivity contribution >= 4 is 51.1 Å². The van der Waals surface area contributed by atoms with E-state index in [2.05, 4.69) is 10.2 Å². The highest BCUT2D eigenvalue weighted by atomic mass is 16.5. The van der Waals surface area contributed by atoms with Gasteiger partial charge in [-0.3, -0.25) is 29.0 Å². The lowest BCUT2D eigenvalue weighted by molar-refractivity contribution is -0.132. The minimum absolute atomic E-state index is 0.0564. The summed E-state index contributed by atoms with van der Waals surface area (Å²) in [6, 6.07) is 14.8. The molecule has 0 aliphatic carbocycles. The van der Waals surface area contributed by atoms with Crippen molar-refractivity contribution in [1.29, 1.82) is 0 Å². The van der Waals surface area contributed by atoms with Gasteiger partial charge in [0.05, 0.1) is 13.2 Å². The Morgan fingerprint density at radius 3 is 2.31 bits per heavy atom. The fraction of sp³-hybridized carbons (Fsp3) is 0.343. The predicted molar refractivity (Wildman–Crippen MR) is 176 cm³/mol. The third-order valence-electron chi connectivity index (χ3n) is 9.26. The predicted octanol–water partition coefficient (Wildman–Crippen LogP) is 2.37. The van der Waals surface area contributed by atoms with Crippen molar-refractivity contribution in [3.63, 3.8) is 0 Å². The molecule has 2 fully saturated rings. The molecule has 4 amide bonds. The number of morpholine rings is 1. The Morgan fingerprint density at radius 2 is 1.54 bits per heavy atom. The van der Waals surface area contributed by atoms with Gasteiger partial charge in [-0.1, -0.05) is 12.1 Å². The molecule has 3 aliphatic heterocycles. The Bertz CT molecular complexity index is 1970. The van der Waals surface area contributed by atoms with Crippen LogP contribution in [0.15, 0.2) is 63.8 Å². The number of amides is 4. The fourth-order valence-corrected chi connectivity index (χ4v) is 6.62. The normalized spacial score (nSPS) is 17.0. The number of carbonyl (C=O) groups excluding carboxylic acids is 4. The van der Waals surface area contributed by atoms with E-state index in [0.717, 1.165) is 48.8 Å². The summed E-state index contributed by atoms with van der Waals surface area (Å²) in [5, 5.41) is 15.0. The topological polar surface area (TPSA) is 153 Å². The molecule has 0 saturated carbocycles. The molecule has 1 aromatic heterocycles. The van der Waals surface area contributed by atoms with E-state index in [0.29, 0.717) is 28.4 Å².